The molecular formula is C11H11F5O. The molecule has 0 saturated carbocycles. The predicted octanol–water partition coefficient (Wildman–Crippen LogP) is 3.21. The van der Waals surface area contributed by atoms with Crippen LogP contribution in [-0.4, -0.2) is 17.4 Å². The molecule has 0 spiro atoms. The molecule has 1 unspecified atom stereocenters. The number of rotatable bonds is 4. The second kappa shape index (κ2) is 5.44. The number of benzene rings is 1. The van der Waals surface area contributed by atoms with E-state index in [0.717, 1.165) is 12.1 Å². The normalized spacial score (nSPS) is 13.8. The highest BCUT2D eigenvalue weighted by Crippen LogP contribution is 2.23. The Labute approximate surface area is 94.9 Å². The summed E-state index contributed by atoms with van der Waals surface area (Å²) in [4.78, 5) is 0. The van der Waals surface area contributed by atoms with Crippen LogP contribution in [0.25, 0.3) is 0 Å². The van der Waals surface area contributed by atoms with Crippen molar-refractivity contribution in [1.29, 1.82) is 0 Å². The van der Waals surface area contributed by atoms with E-state index in [1.807, 2.05) is 0 Å². The van der Waals surface area contributed by atoms with Gasteiger partial charge in [0.05, 0.1) is 6.10 Å². The van der Waals surface area contributed by atoms with Crippen molar-refractivity contribution in [3.8, 4) is 0 Å². The summed E-state index contributed by atoms with van der Waals surface area (Å²) < 4.78 is 61.1. The molecule has 0 fully saturated rings. The Balaban J connectivity index is 2.53. The maximum atomic E-state index is 12.8. The van der Waals surface area contributed by atoms with Crippen molar-refractivity contribution < 1.29 is 27.1 Å². The van der Waals surface area contributed by atoms with Crippen LogP contribution in [0.15, 0.2) is 18.2 Å². The zero-order chi connectivity index (χ0) is 13.1. The van der Waals surface area contributed by atoms with E-state index in [4.69, 9.17) is 0 Å². The van der Waals surface area contributed by atoms with Gasteiger partial charge in [-0.05, 0) is 30.5 Å². The summed E-state index contributed by atoms with van der Waals surface area (Å²) in [6.45, 7) is 0. The zero-order valence-electron chi connectivity index (χ0n) is 8.77. The highest BCUT2D eigenvalue weighted by molar-refractivity contribution is 5.18. The van der Waals surface area contributed by atoms with E-state index in [1.54, 1.807) is 0 Å². The summed E-state index contributed by atoms with van der Waals surface area (Å²) in [5.74, 6) is -1.63. The van der Waals surface area contributed by atoms with Crippen molar-refractivity contribution in [1.82, 2.24) is 0 Å². The molecular weight excluding hydrogens is 243 g/mol. The lowest BCUT2D eigenvalue weighted by atomic mass is 10.0. The Morgan fingerprint density at radius 2 is 1.59 bits per heavy atom. The van der Waals surface area contributed by atoms with Gasteiger partial charge in [0.25, 0.3) is 0 Å². The first-order valence-electron chi connectivity index (χ1n) is 4.96. The quantitative estimate of drug-likeness (QED) is 0.818. The van der Waals surface area contributed by atoms with E-state index in [2.05, 4.69) is 0 Å². The predicted molar refractivity (Wildman–Crippen MR) is 51.4 cm³/mol. The average Bonchev–Trinajstić information content (AvgIpc) is 2.11. The number of aliphatic hydroxyl groups excluding tert-OH is 1. The van der Waals surface area contributed by atoms with Crippen molar-refractivity contribution >= 4 is 0 Å². The Morgan fingerprint density at radius 3 is 2.06 bits per heavy atom. The number of alkyl halides is 3. The lowest BCUT2D eigenvalue weighted by Crippen LogP contribution is -2.16. The highest BCUT2D eigenvalue weighted by Gasteiger charge is 2.27. The SMILES string of the molecule is OC(CCC(F)(F)F)Cc1cc(F)cc(F)c1. The topological polar surface area (TPSA) is 20.2 Å². The van der Waals surface area contributed by atoms with E-state index in [1.165, 1.54) is 0 Å². The number of hydrogen-bond acceptors (Lipinski definition) is 1. The first-order chi connectivity index (χ1) is 7.76. The summed E-state index contributed by atoms with van der Waals surface area (Å²) in [5, 5.41) is 9.30. The van der Waals surface area contributed by atoms with Gasteiger partial charge in [0.2, 0.25) is 0 Å². The number of hydrogen-bond donors (Lipinski definition) is 1. The summed E-state index contributed by atoms with van der Waals surface area (Å²) >= 11 is 0. The van der Waals surface area contributed by atoms with E-state index >= 15 is 0 Å². The fourth-order valence-corrected chi connectivity index (χ4v) is 1.43. The Morgan fingerprint density at radius 1 is 1.06 bits per heavy atom. The molecule has 17 heavy (non-hydrogen) atoms. The Hall–Kier alpha value is -1.17. The van der Waals surface area contributed by atoms with Crippen molar-refractivity contribution in [2.24, 2.45) is 0 Å². The highest BCUT2D eigenvalue weighted by atomic mass is 19.4. The Kier molecular flexibility index (Phi) is 4.45. The van der Waals surface area contributed by atoms with E-state index < -0.39 is 36.8 Å². The molecule has 0 amide bonds. The summed E-state index contributed by atoms with van der Waals surface area (Å²) in [6, 6.07) is 2.63. The molecule has 0 heterocycles. The van der Waals surface area contributed by atoms with E-state index in [-0.39, 0.29) is 12.0 Å². The van der Waals surface area contributed by atoms with Crippen LogP contribution in [0.1, 0.15) is 18.4 Å². The first-order valence-corrected chi connectivity index (χ1v) is 4.96. The maximum Gasteiger partial charge on any atom is 0.389 e. The van der Waals surface area contributed by atoms with Gasteiger partial charge >= 0.3 is 6.18 Å². The van der Waals surface area contributed by atoms with Crippen LogP contribution in [0.2, 0.25) is 0 Å². The summed E-state index contributed by atoms with van der Waals surface area (Å²) in [7, 11) is 0. The molecule has 1 rings (SSSR count). The molecule has 96 valence electrons. The molecule has 1 nitrogen and oxygen atoms in total. The Bertz CT molecular complexity index is 354. The minimum atomic E-state index is -4.34. The fraction of sp³-hybridized carbons (Fsp3) is 0.455. The minimum Gasteiger partial charge on any atom is -0.393 e. The van der Waals surface area contributed by atoms with Crippen LogP contribution in [0.5, 0.6) is 0 Å². The van der Waals surface area contributed by atoms with Crippen LogP contribution >= 0.6 is 0 Å². The molecule has 0 aliphatic rings. The molecule has 6 heteroatoms. The first kappa shape index (κ1) is 13.9. The molecule has 0 aromatic heterocycles. The second-order valence-electron chi connectivity index (χ2n) is 3.79. The van der Waals surface area contributed by atoms with Crippen LogP contribution in [-0.2, 0) is 6.42 Å². The maximum absolute atomic E-state index is 12.8. The van der Waals surface area contributed by atoms with Gasteiger partial charge in [0.1, 0.15) is 11.6 Å². The molecule has 1 aromatic rings. The van der Waals surface area contributed by atoms with Crippen molar-refractivity contribution in [2.45, 2.75) is 31.5 Å². The van der Waals surface area contributed by atoms with Crippen LogP contribution < -0.4 is 0 Å². The van der Waals surface area contributed by atoms with Crippen LogP contribution in [0.4, 0.5) is 22.0 Å². The largest absolute Gasteiger partial charge is 0.393 e. The molecule has 0 saturated heterocycles. The fourth-order valence-electron chi connectivity index (χ4n) is 1.43. The van der Waals surface area contributed by atoms with E-state index in [0.29, 0.717) is 6.07 Å². The van der Waals surface area contributed by atoms with Gasteiger partial charge in [-0.3, -0.25) is 0 Å². The third-order valence-corrected chi connectivity index (χ3v) is 2.15. The third kappa shape index (κ3) is 5.63. The monoisotopic (exact) mass is 254 g/mol. The smallest absolute Gasteiger partial charge is 0.389 e. The number of halogens is 5. The van der Waals surface area contributed by atoms with Gasteiger partial charge in [-0.15, -0.1) is 0 Å². The lowest BCUT2D eigenvalue weighted by molar-refractivity contribution is -0.139. The van der Waals surface area contributed by atoms with Crippen LogP contribution in [0.3, 0.4) is 0 Å². The standard InChI is InChI=1S/C11H11F5O/c12-8-3-7(4-9(13)6-8)5-10(17)1-2-11(14,15)16/h3-4,6,10,17H,1-2,5H2. The molecule has 1 aromatic carbocycles. The molecule has 0 radical (unpaired) electrons. The number of aliphatic hydroxyl groups is 1. The molecule has 1 N–H and O–H groups in total. The van der Waals surface area contributed by atoms with Crippen molar-refractivity contribution in [2.75, 3.05) is 0 Å². The third-order valence-electron chi connectivity index (χ3n) is 2.15. The van der Waals surface area contributed by atoms with Gasteiger partial charge in [0.15, 0.2) is 0 Å². The lowest BCUT2D eigenvalue weighted by Gasteiger charge is -2.12. The second-order valence-corrected chi connectivity index (χ2v) is 3.79. The van der Waals surface area contributed by atoms with E-state index in [9.17, 15) is 27.1 Å². The van der Waals surface area contributed by atoms with Gasteiger partial charge in [-0.2, -0.15) is 13.2 Å². The molecule has 0 bridgehead atoms. The van der Waals surface area contributed by atoms with Crippen molar-refractivity contribution in [3.05, 3.63) is 35.4 Å². The molecule has 1 atom stereocenters. The zero-order valence-corrected chi connectivity index (χ0v) is 8.77. The van der Waals surface area contributed by atoms with Gasteiger partial charge in [-0.1, -0.05) is 0 Å². The average molecular weight is 254 g/mol. The van der Waals surface area contributed by atoms with Crippen molar-refractivity contribution in [3.63, 3.8) is 0 Å². The van der Waals surface area contributed by atoms with Gasteiger partial charge in [-0.25, -0.2) is 8.78 Å². The summed E-state index contributed by atoms with van der Waals surface area (Å²) in [6.07, 6.45) is -7.41. The van der Waals surface area contributed by atoms with Gasteiger partial charge in [0, 0.05) is 12.5 Å². The molecule has 0 aliphatic heterocycles. The van der Waals surface area contributed by atoms with Crippen LogP contribution in [0, 0.1) is 11.6 Å². The van der Waals surface area contributed by atoms with Gasteiger partial charge < -0.3 is 5.11 Å². The minimum absolute atomic E-state index is 0.136. The summed E-state index contributed by atoms with van der Waals surface area (Å²) in [5.41, 5.74) is 0.136. The molecule has 0 aliphatic carbocycles.